The minimum Gasteiger partial charge on any atom is -0.245 e. The summed E-state index contributed by atoms with van der Waals surface area (Å²) in [4.78, 5) is 0. The zero-order chi connectivity index (χ0) is 8.15. The van der Waals surface area contributed by atoms with Gasteiger partial charge in [0.15, 0.2) is 21.6 Å². The molecule has 0 unspecified atom stereocenters. The van der Waals surface area contributed by atoms with Gasteiger partial charge in [-0.1, -0.05) is 0 Å². The molecule has 0 amide bonds. The second kappa shape index (κ2) is 1.79. The van der Waals surface area contributed by atoms with Gasteiger partial charge < -0.3 is 0 Å². The molecule has 1 aliphatic rings. The SMILES string of the molecule is O=S1C(F)(F)S(=O)C1(F)F. The van der Waals surface area contributed by atoms with E-state index in [1.807, 2.05) is 0 Å². The molecule has 1 saturated heterocycles. The molecule has 1 aliphatic heterocycles. The number of hydrogen-bond acceptors (Lipinski definition) is 2. The summed E-state index contributed by atoms with van der Waals surface area (Å²) in [5.41, 5.74) is 0. The van der Waals surface area contributed by atoms with Crippen molar-refractivity contribution in [3.63, 3.8) is 0 Å². The van der Waals surface area contributed by atoms with Crippen LogP contribution in [-0.4, -0.2) is 17.6 Å². The van der Waals surface area contributed by atoms with E-state index in [0.29, 0.717) is 0 Å². The summed E-state index contributed by atoms with van der Waals surface area (Å²) in [6.45, 7) is 0. The summed E-state index contributed by atoms with van der Waals surface area (Å²) in [7, 11) is -7.22. The molecule has 0 radical (unpaired) electrons. The Hall–Kier alpha value is 0.0200. The van der Waals surface area contributed by atoms with Gasteiger partial charge in [-0.3, -0.25) is 0 Å². The summed E-state index contributed by atoms with van der Waals surface area (Å²) < 4.78 is 58.2. The lowest BCUT2D eigenvalue weighted by Gasteiger charge is -2.30. The molecule has 2 nitrogen and oxygen atoms in total. The fraction of sp³-hybridized carbons (Fsp3) is 1.00. The van der Waals surface area contributed by atoms with E-state index in [1.54, 1.807) is 0 Å². The van der Waals surface area contributed by atoms with Crippen LogP contribution in [0.25, 0.3) is 0 Å². The molecule has 0 atom stereocenters. The van der Waals surface area contributed by atoms with Gasteiger partial charge in [-0.15, -0.1) is 0 Å². The second-order valence-electron chi connectivity index (χ2n) is 1.46. The Bertz CT molecular complexity index is 183. The third-order valence-electron chi connectivity index (χ3n) is 0.863. The summed E-state index contributed by atoms with van der Waals surface area (Å²) in [6, 6.07) is 0. The van der Waals surface area contributed by atoms with Crippen molar-refractivity contribution in [2.75, 3.05) is 0 Å². The van der Waals surface area contributed by atoms with Crippen LogP contribution in [0, 0.1) is 0 Å². The summed E-state index contributed by atoms with van der Waals surface area (Å²) in [5, 5.41) is 0. The largest absolute Gasteiger partial charge is 0.409 e. The fourth-order valence-electron chi connectivity index (χ4n) is 0.380. The quantitative estimate of drug-likeness (QED) is 0.531. The van der Waals surface area contributed by atoms with Crippen molar-refractivity contribution < 1.29 is 26.0 Å². The van der Waals surface area contributed by atoms with Crippen LogP contribution in [0.5, 0.6) is 0 Å². The maximum atomic E-state index is 11.7. The van der Waals surface area contributed by atoms with Gasteiger partial charge in [0.2, 0.25) is 0 Å². The van der Waals surface area contributed by atoms with E-state index in [9.17, 15) is 26.0 Å². The van der Waals surface area contributed by atoms with Crippen LogP contribution in [0.3, 0.4) is 0 Å². The molecule has 0 saturated carbocycles. The minimum absolute atomic E-state index is 3.61. The summed E-state index contributed by atoms with van der Waals surface area (Å²) in [5.74, 6) is 0. The van der Waals surface area contributed by atoms with E-state index in [1.165, 1.54) is 0 Å². The lowest BCUT2D eigenvalue weighted by atomic mass is 11.5. The molecule has 1 fully saturated rings. The smallest absolute Gasteiger partial charge is 0.245 e. The lowest BCUT2D eigenvalue weighted by molar-refractivity contribution is 0.112. The van der Waals surface area contributed by atoms with Gasteiger partial charge in [-0.2, -0.15) is 17.6 Å². The Balaban J connectivity index is 3.00. The molecule has 0 aromatic carbocycles. The van der Waals surface area contributed by atoms with Crippen LogP contribution in [0.2, 0.25) is 0 Å². The van der Waals surface area contributed by atoms with Crippen molar-refractivity contribution in [2.45, 2.75) is 9.17 Å². The van der Waals surface area contributed by atoms with Gasteiger partial charge >= 0.3 is 9.17 Å². The van der Waals surface area contributed by atoms with Crippen molar-refractivity contribution in [3.8, 4) is 0 Å². The molecular formula is C2F4O2S2. The van der Waals surface area contributed by atoms with Gasteiger partial charge in [0.05, 0.1) is 0 Å². The highest BCUT2D eigenvalue weighted by atomic mass is 32.3. The molecule has 10 heavy (non-hydrogen) atoms. The van der Waals surface area contributed by atoms with Crippen molar-refractivity contribution >= 4 is 21.6 Å². The van der Waals surface area contributed by atoms with Crippen LogP contribution in [0.1, 0.15) is 0 Å². The van der Waals surface area contributed by atoms with Crippen LogP contribution in [0.15, 0.2) is 0 Å². The van der Waals surface area contributed by atoms with Crippen LogP contribution >= 0.6 is 0 Å². The minimum atomic E-state index is -4.23. The molecular weight excluding hydrogens is 196 g/mol. The molecule has 0 bridgehead atoms. The predicted molar refractivity (Wildman–Crippen MR) is 26.2 cm³/mol. The lowest BCUT2D eigenvalue weighted by Crippen LogP contribution is -2.57. The van der Waals surface area contributed by atoms with Gasteiger partial charge in [-0.25, -0.2) is 8.42 Å². The molecule has 8 heteroatoms. The first kappa shape index (κ1) is 8.12. The van der Waals surface area contributed by atoms with Crippen molar-refractivity contribution in [2.24, 2.45) is 0 Å². The second-order valence-corrected chi connectivity index (χ2v) is 5.11. The van der Waals surface area contributed by atoms with Crippen molar-refractivity contribution in [3.05, 3.63) is 0 Å². The van der Waals surface area contributed by atoms with Gasteiger partial charge in [-0.05, 0) is 0 Å². The molecule has 0 aromatic heterocycles. The molecule has 60 valence electrons. The first-order chi connectivity index (χ1) is 4.31. The zero-order valence-corrected chi connectivity index (χ0v) is 5.78. The van der Waals surface area contributed by atoms with Crippen LogP contribution in [-0.2, 0) is 21.6 Å². The van der Waals surface area contributed by atoms with E-state index in [2.05, 4.69) is 0 Å². The molecule has 1 rings (SSSR count). The molecule has 0 aromatic rings. The topological polar surface area (TPSA) is 34.1 Å². The van der Waals surface area contributed by atoms with Gasteiger partial charge in [0.1, 0.15) is 0 Å². The Morgan fingerprint density at radius 3 is 1.10 bits per heavy atom. The van der Waals surface area contributed by atoms with Gasteiger partial charge in [0, 0.05) is 0 Å². The maximum Gasteiger partial charge on any atom is 0.409 e. The monoisotopic (exact) mass is 196 g/mol. The number of alkyl halides is 4. The molecule has 0 aliphatic carbocycles. The highest BCUT2D eigenvalue weighted by Gasteiger charge is 2.76. The Morgan fingerprint density at radius 1 is 0.800 bits per heavy atom. The van der Waals surface area contributed by atoms with E-state index in [4.69, 9.17) is 0 Å². The first-order valence-electron chi connectivity index (χ1n) is 1.91. The number of halogens is 4. The van der Waals surface area contributed by atoms with Crippen molar-refractivity contribution in [1.82, 2.24) is 0 Å². The Labute approximate surface area is 57.5 Å². The van der Waals surface area contributed by atoms with Crippen LogP contribution < -0.4 is 0 Å². The van der Waals surface area contributed by atoms with E-state index in [0.717, 1.165) is 0 Å². The third-order valence-corrected chi connectivity index (χ3v) is 4.41. The Morgan fingerprint density at radius 2 is 1.00 bits per heavy atom. The van der Waals surface area contributed by atoms with Gasteiger partial charge in [0.25, 0.3) is 0 Å². The maximum absolute atomic E-state index is 11.7. The molecule has 1 heterocycles. The van der Waals surface area contributed by atoms with Crippen LogP contribution in [0.4, 0.5) is 17.6 Å². The molecule has 0 spiro atoms. The standard InChI is InChI=1S/C2F4O2S2/c3-1(4)9(7)2(5,6)10(1)8. The highest BCUT2D eigenvalue weighted by molar-refractivity contribution is 8.20. The summed E-state index contributed by atoms with van der Waals surface area (Å²) in [6.07, 6.45) is 0. The van der Waals surface area contributed by atoms with Crippen molar-refractivity contribution in [1.29, 1.82) is 0 Å². The number of hydrogen-bond donors (Lipinski definition) is 0. The third kappa shape index (κ3) is 0.685. The van der Waals surface area contributed by atoms with E-state index < -0.39 is 30.8 Å². The van der Waals surface area contributed by atoms with E-state index >= 15 is 0 Å². The normalized spacial score (nSPS) is 42.4. The average Bonchev–Trinajstić information content (AvgIpc) is 1.84. The predicted octanol–water partition coefficient (Wildman–Crippen LogP) is 0.598. The zero-order valence-electron chi connectivity index (χ0n) is 4.14. The van der Waals surface area contributed by atoms with E-state index in [-0.39, 0.29) is 0 Å². The Kier molecular flexibility index (Phi) is 1.45. The summed E-state index contributed by atoms with van der Waals surface area (Å²) >= 11 is 0. The molecule has 0 N–H and O–H groups in total. The average molecular weight is 196 g/mol. The first-order valence-corrected chi connectivity index (χ1v) is 4.21. The highest BCUT2D eigenvalue weighted by Crippen LogP contribution is 2.49. The fourth-order valence-corrected chi connectivity index (χ4v) is 2.72. The number of rotatable bonds is 0.